The second-order valence-corrected chi connectivity index (χ2v) is 6.90. The summed E-state index contributed by atoms with van der Waals surface area (Å²) in [6.45, 7) is 3.34. The molecule has 2 aromatic carbocycles. The number of anilines is 1. The second kappa shape index (κ2) is 7.36. The van der Waals surface area contributed by atoms with Crippen molar-refractivity contribution in [2.24, 2.45) is 0 Å². The van der Waals surface area contributed by atoms with Crippen LogP contribution < -0.4 is 15.0 Å². The van der Waals surface area contributed by atoms with Gasteiger partial charge in [-0.15, -0.1) is 0 Å². The van der Waals surface area contributed by atoms with Crippen molar-refractivity contribution in [2.75, 3.05) is 25.1 Å². The summed E-state index contributed by atoms with van der Waals surface area (Å²) in [5.74, 6) is 0.982. The number of hydrogen-bond donors (Lipinski definition) is 1. The molecule has 1 aliphatic rings. The molecular formula is C19H22BrN2O2+. The van der Waals surface area contributed by atoms with Gasteiger partial charge >= 0.3 is 0 Å². The van der Waals surface area contributed by atoms with E-state index in [0.717, 1.165) is 34.4 Å². The van der Waals surface area contributed by atoms with E-state index < -0.39 is 0 Å². The maximum atomic E-state index is 12.6. The molecule has 5 heteroatoms. The molecule has 0 aromatic heterocycles. The summed E-state index contributed by atoms with van der Waals surface area (Å²) in [5, 5.41) is 2.08. The maximum absolute atomic E-state index is 12.6. The molecule has 1 aliphatic heterocycles. The third kappa shape index (κ3) is 3.47. The van der Waals surface area contributed by atoms with E-state index in [1.165, 1.54) is 5.56 Å². The van der Waals surface area contributed by atoms with Crippen molar-refractivity contribution in [3.8, 4) is 5.75 Å². The van der Waals surface area contributed by atoms with Crippen molar-refractivity contribution in [1.29, 1.82) is 0 Å². The summed E-state index contributed by atoms with van der Waals surface area (Å²) < 4.78 is 6.19. The van der Waals surface area contributed by atoms with Crippen molar-refractivity contribution < 1.29 is 14.8 Å². The molecule has 1 heterocycles. The SMILES string of the molecule is COc1ccc([C@H](C)[NH2+]CC(=O)N2CCc3ccccc32)cc1Br. The average molecular weight is 390 g/mol. The topological polar surface area (TPSA) is 46.1 Å². The van der Waals surface area contributed by atoms with Crippen LogP contribution in [0.2, 0.25) is 0 Å². The molecule has 0 saturated heterocycles. The molecule has 0 fully saturated rings. The summed E-state index contributed by atoms with van der Waals surface area (Å²) in [7, 11) is 1.65. The predicted octanol–water partition coefficient (Wildman–Crippen LogP) is 2.67. The number of quaternary nitrogens is 1. The van der Waals surface area contributed by atoms with Crippen LogP contribution in [0.5, 0.6) is 5.75 Å². The van der Waals surface area contributed by atoms with Crippen LogP contribution in [0.3, 0.4) is 0 Å². The Kier molecular flexibility index (Phi) is 5.21. The number of carbonyl (C=O) groups is 1. The minimum atomic E-state index is 0.166. The lowest BCUT2D eigenvalue weighted by Crippen LogP contribution is -2.87. The van der Waals surface area contributed by atoms with Gasteiger partial charge in [-0.3, -0.25) is 4.79 Å². The van der Waals surface area contributed by atoms with E-state index >= 15 is 0 Å². The number of nitrogens with two attached hydrogens (primary N) is 1. The van der Waals surface area contributed by atoms with Gasteiger partial charge in [0.25, 0.3) is 5.91 Å². The van der Waals surface area contributed by atoms with Crippen molar-refractivity contribution in [1.82, 2.24) is 0 Å². The lowest BCUT2D eigenvalue weighted by atomic mass is 10.1. The van der Waals surface area contributed by atoms with Crippen LogP contribution in [-0.4, -0.2) is 26.1 Å². The van der Waals surface area contributed by atoms with Gasteiger partial charge in [0.05, 0.1) is 11.6 Å². The lowest BCUT2D eigenvalue weighted by molar-refractivity contribution is -0.682. The minimum Gasteiger partial charge on any atom is -0.496 e. The number of carbonyl (C=O) groups excluding carboxylic acids is 1. The van der Waals surface area contributed by atoms with Gasteiger partial charge in [0.2, 0.25) is 0 Å². The van der Waals surface area contributed by atoms with E-state index in [-0.39, 0.29) is 11.9 Å². The Morgan fingerprint density at radius 2 is 2.12 bits per heavy atom. The Morgan fingerprint density at radius 3 is 2.88 bits per heavy atom. The summed E-state index contributed by atoms with van der Waals surface area (Å²) in [6.07, 6.45) is 0.947. The van der Waals surface area contributed by atoms with Gasteiger partial charge in [-0.25, -0.2) is 0 Å². The molecule has 2 aromatic rings. The highest BCUT2D eigenvalue weighted by Crippen LogP contribution is 2.28. The zero-order chi connectivity index (χ0) is 17.1. The summed E-state index contributed by atoms with van der Waals surface area (Å²) in [6, 6.07) is 14.4. The van der Waals surface area contributed by atoms with Crippen LogP contribution in [-0.2, 0) is 11.2 Å². The first-order chi connectivity index (χ1) is 11.6. The monoisotopic (exact) mass is 389 g/mol. The van der Waals surface area contributed by atoms with E-state index in [2.05, 4.69) is 40.3 Å². The fraction of sp³-hybridized carbons (Fsp3) is 0.316. The van der Waals surface area contributed by atoms with E-state index in [9.17, 15) is 4.79 Å². The number of methoxy groups -OCH3 is 1. The molecular weight excluding hydrogens is 368 g/mol. The van der Waals surface area contributed by atoms with Gasteiger partial charge in [-0.05, 0) is 59.1 Å². The Bertz CT molecular complexity index is 748. The Balaban J connectivity index is 1.61. The van der Waals surface area contributed by atoms with E-state index in [0.29, 0.717) is 6.54 Å². The molecule has 24 heavy (non-hydrogen) atoms. The quantitative estimate of drug-likeness (QED) is 0.854. The smallest absolute Gasteiger partial charge is 0.282 e. The maximum Gasteiger partial charge on any atom is 0.282 e. The number of fused-ring (bicyclic) bond motifs is 1. The fourth-order valence-corrected chi connectivity index (χ4v) is 3.65. The number of rotatable bonds is 5. The summed E-state index contributed by atoms with van der Waals surface area (Å²) in [5.41, 5.74) is 3.49. The number of benzene rings is 2. The summed E-state index contributed by atoms with van der Waals surface area (Å²) >= 11 is 3.51. The first-order valence-corrected chi connectivity index (χ1v) is 8.94. The standard InChI is InChI=1S/C19H21BrN2O2/c1-13(15-7-8-18(24-2)16(20)11-15)21-12-19(23)22-10-9-14-5-3-4-6-17(14)22/h3-8,11,13,21H,9-10,12H2,1-2H3/p+1/t13-/m0/s1. The zero-order valence-electron chi connectivity index (χ0n) is 14.0. The molecule has 3 rings (SSSR count). The first-order valence-electron chi connectivity index (χ1n) is 8.15. The molecule has 0 spiro atoms. The Hall–Kier alpha value is -1.85. The number of ether oxygens (including phenoxy) is 1. The first kappa shape index (κ1) is 17.0. The van der Waals surface area contributed by atoms with Gasteiger partial charge in [0.15, 0.2) is 6.54 Å². The van der Waals surface area contributed by atoms with Crippen molar-refractivity contribution in [3.05, 3.63) is 58.1 Å². The van der Waals surface area contributed by atoms with Crippen LogP contribution in [0.4, 0.5) is 5.69 Å². The molecule has 0 unspecified atom stereocenters. The molecule has 0 saturated carbocycles. The van der Waals surface area contributed by atoms with Crippen LogP contribution in [0.1, 0.15) is 24.1 Å². The van der Waals surface area contributed by atoms with Gasteiger partial charge in [0.1, 0.15) is 11.8 Å². The highest BCUT2D eigenvalue weighted by molar-refractivity contribution is 9.10. The van der Waals surface area contributed by atoms with Crippen LogP contribution >= 0.6 is 15.9 Å². The van der Waals surface area contributed by atoms with Gasteiger partial charge < -0.3 is 15.0 Å². The second-order valence-electron chi connectivity index (χ2n) is 6.05. The molecule has 4 nitrogen and oxygen atoms in total. The highest BCUT2D eigenvalue weighted by Gasteiger charge is 2.25. The predicted molar refractivity (Wildman–Crippen MR) is 98.4 cm³/mol. The van der Waals surface area contributed by atoms with Gasteiger partial charge in [-0.1, -0.05) is 18.2 Å². The molecule has 1 atom stereocenters. The summed E-state index contributed by atoms with van der Waals surface area (Å²) in [4.78, 5) is 14.5. The van der Waals surface area contributed by atoms with E-state index in [4.69, 9.17) is 4.74 Å². The molecule has 1 amide bonds. The number of hydrogen-bond acceptors (Lipinski definition) is 2. The van der Waals surface area contributed by atoms with E-state index in [1.54, 1.807) is 7.11 Å². The number of amides is 1. The van der Waals surface area contributed by atoms with Crippen molar-refractivity contribution in [3.63, 3.8) is 0 Å². The number of nitrogens with zero attached hydrogens (tertiary/aromatic N) is 1. The fourth-order valence-electron chi connectivity index (χ4n) is 3.09. The number of para-hydroxylation sites is 1. The van der Waals surface area contributed by atoms with Gasteiger partial charge in [-0.2, -0.15) is 0 Å². The Labute approximate surface area is 150 Å². The lowest BCUT2D eigenvalue weighted by Gasteiger charge is -2.18. The zero-order valence-corrected chi connectivity index (χ0v) is 15.5. The molecule has 0 radical (unpaired) electrons. The van der Waals surface area contributed by atoms with Crippen molar-refractivity contribution in [2.45, 2.75) is 19.4 Å². The van der Waals surface area contributed by atoms with Crippen LogP contribution in [0.25, 0.3) is 0 Å². The Morgan fingerprint density at radius 1 is 1.33 bits per heavy atom. The minimum absolute atomic E-state index is 0.166. The third-order valence-electron chi connectivity index (χ3n) is 4.54. The molecule has 126 valence electrons. The van der Waals surface area contributed by atoms with Crippen LogP contribution in [0.15, 0.2) is 46.9 Å². The van der Waals surface area contributed by atoms with Crippen LogP contribution in [0, 0.1) is 0 Å². The largest absolute Gasteiger partial charge is 0.496 e. The molecule has 0 aliphatic carbocycles. The molecule has 0 bridgehead atoms. The average Bonchev–Trinajstić information content (AvgIpc) is 3.03. The normalized spacial score (nSPS) is 14.4. The van der Waals surface area contributed by atoms with Crippen molar-refractivity contribution >= 4 is 27.5 Å². The van der Waals surface area contributed by atoms with E-state index in [1.807, 2.05) is 35.2 Å². The van der Waals surface area contributed by atoms with Gasteiger partial charge in [0, 0.05) is 17.8 Å². The highest BCUT2D eigenvalue weighted by atomic mass is 79.9. The number of halogens is 1. The third-order valence-corrected chi connectivity index (χ3v) is 5.16. The molecule has 2 N–H and O–H groups in total.